The van der Waals surface area contributed by atoms with Gasteiger partial charge in [-0.3, -0.25) is 9.59 Å². The van der Waals surface area contributed by atoms with E-state index in [-0.39, 0.29) is 11.8 Å². The monoisotopic (exact) mass is 470 g/mol. The highest BCUT2D eigenvalue weighted by Crippen LogP contribution is 2.26. The minimum absolute atomic E-state index is 0.0792. The minimum Gasteiger partial charge on any atom is -0.497 e. The van der Waals surface area contributed by atoms with Crippen molar-refractivity contribution in [3.05, 3.63) is 54.1 Å². The molecule has 7 heteroatoms. The van der Waals surface area contributed by atoms with Gasteiger partial charge in [0.05, 0.1) is 25.0 Å². The number of ether oxygens (including phenoxy) is 2. The number of methoxy groups -OCH3 is 1. The number of thioether (sulfide) groups is 1. The van der Waals surface area contributed by atoms with Crippen molar-refractivity contribution in [3.63, 3.8) is 0 Å². The van der Waals surface area contributed by atoms with E-state index >= 15 is 0 Å². The molecule has 1 fully saturated rings. The zero-order valence-electron chi connectivity index (χ0n) is 19.8. The molecule has 0 radical (unpaired) electrons. The molecule has 2 amide bonds. The number of benzene rings is 2. The molecule has 0 spiro atoms. The third-order valence-corrected chi connectivity index (χ3v) is 7.14. The van der Waals surface area contributed by atoms with E-state index in [0.29, 0.717) is 30.5 Å². The zero-order chi connectivity index (χ0) is 23.6. The Morgan fingerprint density at radius 3 is 2.33 bits per heavy atom. The molecule has 0 saturated heterocycles. The van der Waals surface area contributed by atoms with Crippen molar-refractivity contribution in [1.29, 1.82) is 0 Å². The lowest BCUT2D eigenvalue weighted by Gasteiger charge is -2.31. The Hall–Kier alpha value is -2.67. The van der Waals surface area contributed by atoms with Crippen LogP contribution >= 0.6 is 11.8 Å². The fourth-order valence-electron chi connectivity index (χ4n) is 3.96. The van der Waals surface area contributed by atoms with E-state index in [1.165, 1.54) is 31.0 Å². The Balaban J connectivity index is 1.52. The molecule has 0 bridgehead atoms. The number of likely N-dealkylation sites (N-methyl/N-ethyl adjacent to an activating group) is 1. The summed E-state index contributed by atoms with van der Waals surface area (Å²) in [6.07, 6.45) is 5.83. The molecule has 0 aromatic heterocycles. The van der Waals surface area contributed by atoms with E-state index in [1.807, 2.05) is 60.5 Å². The molecule has 0 atom stereocenters. The van der Waals surface area contributed by atoms with Crippen molar-refractivity contribution in [1.82, 2.24) is 9.80 Å². The van der Waals surface area contributed by atoms with Gasteiger partial charge in [0.1, 0.15) is 18.1 Å². The minimum atomic E-state index is -0.0792. The molecule has 1 saturated carbocycles. The Morgan fingerprint density at radius 1 is 0.970 bits per heavy atom. The normalized spacial score (nSPS) is 13.9. The number of hydrogen-bond acceptors (Lipinski definition) is 5. The fourth-order valence-corrected chi connectivity index (χ4v) is 4.93. The lowest BCUT2D eigenvalue weighted by molar-refractivity contribution is -0.129. The first-order valence-electron chi connectivity index (χ1n) is 11.5. The molecule has 2 aromatic rings. The van der Waals surface area contributed by atoms with Gasteiger partial charge < -0.3 is 19.3 Å². The van der Waals surface area contributed by atoms with Gasteiger partial charge in [-0.15, -0.1) is 11.8 Å². The van der Waals surface area contributed by atoms with Gasteiger partial charge in [0.2, 0.25) is 5.91 Å². The first kappa shape index (κ1) is 25.0. The summed E-state index contributed by atoms with van der Waals surface area (Å²) in [6, 6.07) is 15.2. The van der Waals surface area contributed by atoms with Crippen molar-refractivity contribution in [2.24, 2.45) is 0 Å². The number of hydrogen-bond donors (Lipinski definition) is 0. The van der Waals surface area contributed by atoms with E-state index < -0.39 is 0 Å². The Bertz CT molecular complexity index is 913. The molecule has 1 aliphatic carbocycles. The number of nitrogens with zero attached hydrogens (tertiary/aromatic N) is 2. The summed E-state index contributed by atoms with van der Waals surface area (Å²) in [5, 5.41) is 0. The topological polar surface area (TPSA) is 59.1 Å². The highest BCUT2D eigenvalue weighted by molar-refractivity contribution is 8.00. The van der Waals surface area contributed by atoms with Gasteiger partial charge in [-0.05, 0) is 49.2 Å². The highest BCUT2D eigenvalue weighted by Gasteiger charge is 2.23. The van der Waals surface area contributed by atoms with Gasteiger partial charge in [-0.1, -0.05) is 31.4 Å². The van der Waals surface area contributed by atoms with Gasteiger partial charge in [-0.2, -0.15) is 0 Å². The van der Waals surface area contributed by atoms with E-state index in [4.69, 9.17) is 9.47 Å². The van der Waals surface area contributed by atoms with Crippen molar-refractivity contribution >= 4 is 23.6 Å². The number of amides is 2. The van der Waals surface area contributed by atoms with Crippen LogP contribution < -0.4 is 9.47 Å². The van der Waals surface area contributed by atoms with Crippen LogP contribution in [0.15, 0.2) is 53.4 Å². The van der Waals surface area contributed by atoms with Crippen molar-refractivity contribution in [2.75, 3.05) is 40.1 Å². The van der Waals surface area contributed by atoms with Crippen molar-refractivity contribution in [2.45, 2.75) is 43.0 Å². The lowest BCUT2D eigenvalue weighted by atomic mass is 9.94. The summed E-state index contributed by atoms with van der Waals surface area (Å²) in [4.78, 5) is 30.2. The second-order valence-electron chi connectivity index (χ2n) is 8.33. The molecule has 0 N–H and O–H groups in total. The molecule has 178 valence electrons. The highest BCUT2D eigenvalue weighted by atomic mass is 32.2. The lowest BCUT2D eigenvalue weighted by Crippen LogP contribution is -2.39. The van der Waals surface area contributed by atoms with Gasteiger partial charge >= 0.3 is 0 Å². The standard InChI is InChI=1S/C26H34N2O4S/c1-27(17-18-32-22-15-13-21(31-3)14-16-22)26(30)23-11-7-8-12-24(23)33-19-25(29)28(2)20-9-5-4-6-10-20/h7-8,11-16,20H,4-6,9-10,17-19H2,1-3H3. The maximum absolute atomic E-state index is 13.1. The van der Waals surface area contributed by atoms with Crippen LogP contribution in [0.2, 0.25) is 0 Å². The SMILES string of the molecule is COc1ccc(OCCN(C)C(=O)c2ccccc2SCC(=O)N(C)C2CCCCC2)cc1. The largest absolute Gasteiger partial charge is 0.497 e. The summed E-state index contributed by atoms with van der Waals surface area (Å²) < 4.78 is 10.9. The third-order valence-electron chi connectivity index (χ3n) is 6.09. The predicted octanol–water partition coefficient (Wildman–Crippen LogP) is 4.73. The van der Waals surface area contributed by atoms with E-state index in [2.05, 4.69) is 0 Å². The van der Waals surface area contributed by atoms with E-state index in [9.17, 15) is 9.59 Å². The predicted molar refractivity (Wildman–Crippen MR) is 132 cm³/mol. The third kappa shape index (κ3) is 7.16. The molecular formula is C26H34N2O4S. The van der Waals surface area contributed by atoms with Crippen LogP contribution in [0.1, 0.15) is 42.5 Å². The average molecular weight is 471 g/mol. The number of carbonyl (C=O) groups excluding carboxylic acids is 2. The fraction of sp³-hybridized carbons (Fsp3) is 0.462. The molecule has 1 aliphatic rings. The molecule has 2 aromatic carbocycles. The van der Waals surface area contributed by atoms with Crippen LogP contribution in [0.25, 0.3) is 0 Å². The van der Waals surface area contributed by atoms with Crippen LogP contribution in [0.4, 0.5) is 0 Å². The van der Waals surface area contributed by atoms with Gasteiger partial charge in [0, 0.05) is 25.0 Å². The van der Waals surface area contributed by atoms with E-state index in [0.717, 1.165) is 29.2 Å². The van der Waals surface area contributed by atoms with Gasteiger partial charge in [0.25, 0.3) is 5.91 Å². The van der Waals surface area contributed by atoms with Gasteiger partial charge in [-0.25, -0.2) is 0 Å². The molecule has 0 unspecified atom stereocenters. The first-order valence-corrected chi connectivity index (χ1v) is 12.5. The van der Waals surface area contributed by atoms with Crippen molar-refractivity contribution in [3.8, 4) is 11.5 Å². The van der Waals surface area contributed by atoms with Crippen molar-refractivity contribution < 1.29 is 19.1 Å². The zero-order valence-corrected chi connectivity index (χ0v) is 20.6. The molecular weight excluding hydrogens is 436 g/mol. The second-order valence-corrected chi connectivity index (χ2v) is 9.35. The molecule has 0 aliphatic heterocycles. The molecule has 33 heavy (non-hydrogen) atoms. The summed E-state index contributed by atoms with van der Waals surface area (Å²) in [7, 11) is 5.30. The van der Waals surface area contributed by atoms with Crippen LogP contribution in [0.5, 0.6) is 11.5 Å². The van der Waals surface area contributed by atoms with Crippen LogP contribution in [-0.4, -0.2) is 67.8 Å². The Morgan fingerprint density at radius 2 is 1.64 bits per heavy atom. The van der Waals surface area contributed by atoms with Crippen LogP contribution in [-0.2, 0) is 4.79 Å². The molecule has 6 nitrogen and oxygen atoms in total. The summed E-state index contributed by atoms with van der Waals surface area (Å²) in [5.41, 5.74) is 0.613. The maximum atomic E-state index is 13.1. The summed E-state index contributed by atoms with van der Waals surface area (Å²) >= 11 is 1.44. The average Bonchev–Trinajstić information content (AvgIpc) is 2.87. The summed E-state index contributed by atoms with van der Waals surface area (Å²) in [5.74, 6) is 1.88. The second kappa shape index (κ2) is 12.5. The smallest absolute Gasteiger partial charge is 0.254 e. The van der Waals surface area contributed by atoms with Crippen LogP contribution in [0.3, 0.4) is 0 Å². The summed E-state index contributed by atoms with van der Waals surface area (Å²) in [6.45, 7) is 0.835. The maximum Gasteiger partial charge on any atom is 0.254 e. The number of carbonyl (C=O) groups is 2. The van der Waals surface area contributed by atoms with Gasteiger partial charge in [0.15, 0.2) is 0 Å². The Labute approximate surface area is 201 Å². The van der Waals surface area contributed by atoms with E-state index in [1.54, 1.807) is 19.1 Å². The Kier molecular flexibility index (Phi) is 9.48. The van der Waals surface area contributed by atoms with Crippen LogP contribution in [0, 0.1) is 0 Å². The quantitative estimate of drug-likeness (QED) is 0.470. The molecule has 3 rings (SSSR count). The number of rotatable bonds is 10. The first-order chi connectivity index (χ1) is 16.0. The molecule has 0 heterocycles.